The number of piperidine rings is 1. The molecule has 57 heavy (non-hydrogen) atoms. The number of urea groups is 1. The van der Waals surface area contributed by atoms with E-state index in [1.807, 2.05) is 0 Å². The van der Waals surface area contributed by atoms with Gasteiger partial charge in [0.1, 0.15) is 28.4 Å². The first kappa shape index (κ1) is 44.9. The second-order valence-electron chi connectivity index (χ2n) is 13.7. The molecule has 26 heteroatoms. The number of carbonyl (C=O) groups is 2. The number of nitrogens with zero attached hydrogens (tertiary/aromatic N) is 4. The number of benzene rings is 2. The van der Waals surface area contributed by atoms with Crippen LogP contribution < -0.4 is 0 Å². The lowest BCUT2D eigenvalue weighted by atomic mass is 9.84. The van der Waals surface area contributed by atoms with Gasteiger partial charge in [-0.15, -0.1) is 0 Å². The van der Waals surface area contributed by atoms with E-state index in [4.69, 9.17) is 0 Å². The van der Waals surface area contributed by atoms with Gasteiger partial charge in [0.2, 0.25) is 11.7 Å². The predicted molar refractivity (Wildman–Crippen MR) is 168 cm³/mol. The summed E-state index contributed by atoms with van der Waals surface area (Å²) in [5.41, 5.74) is -11.9. The van der Waals surface area contributed by atoms with E-state index in [2.05, 4.69) is 0 Å². The molecule has 2 aromatic rings. The van der Waals surface area contributed by atoms with Crippen LogP contribution in [0.3, 0.4) is 0 Å². The summed E-state index contributed by atoms with van der Waals surface area (Å²) in [7, 11) is 0.713. The minimum Gasteiger partial charge on any atom is -0.507 e. The maximum Gasteiger partial charge on any atom is 0.423 e. The zero-order valence-electron chi connectivity index (χ0n) is 29.9. The fourth-order valence-corrected chi connectivity index (χ4v) is 7.39. The third-order valence-electron chi connectivity index (χ3n) is 10.3. The molecule has 0 aromatic heterocycles. The number of hydrogen-bond donors (Lipinski definition) is 13. The number of amides is 3. The van der Waals surface area contributed by atoms with E-state index in [-0.39, 0.29) is 4.90 Å². The number of phenols is 6. The number of halogens is 7. The standard InChI is InChI=1S/C31H37F7N4O15/c1-9-14(22(47)24(49)18(32)19(9)44)13-8-12(42-26(4,51)29(52,53)41(11(3)43)30(54,55)31(42,56)57)6-7-40(13)25(50)39(5)10(2)15-20(45)16(27(33,34)35)23(48)17(21(15)46)28(36,37)38/h10,12-13,44-49,51-57H,6-8H2,1-5H3. The van der Waals surface area contributed by atoms with Crippen molar-refractivity contribution in [3.8, 4) is 34.5 Å². The largest absolute Gasteiger partial charge is 0.507 e. The van der Waals surface area contributed by atoms with Crippen molar-refractivity contribution >= 4 is 11.9 Å². The summed E-state index contributed by atoms with van der Waals surface area (Å²) < 4.78 is 97.9. The molecule has 0 radical (unpaired) electrons. The quantitative estimate of drug-likeness (QED) is 0.0864. The van der Waals surface area contributed by atoms with Crippen LogP contribution in [-0.4, -0.2) is 141 Å². The zero-order chi connectivity index (χ0) is 44.2. The molecule has 2 saturated heterocycles. The van der Waals surface area contributed by atoms with Gasteiger partial charge in [0.15, 0.2) is 23.0 Å². The van der Waals surface area contributed by atoms with Crippen molar-refractivity contribution in [1.29, 1.82) is 0 Å². The molecule has 4 rings (SSSR count). The average molecular weight is 839 g/mol. The monoisotopic (exact) mass is 838 g/mol. The number of piperazine rings is 1. The molecule has 4 atom stereocenters. The molecule has 2 fully saturated rings. The number of aliphatic hydroxyl groups is 7. The van der Waals surface area contributed by atoms with E-state index in [1.165, 1.54) is 0 Å². The molecule has 2 aliphatic heterocycles. The van der Waals surface area contributed by atoms with E-state index in [0.29, 0.717) is 37.6 Å². The van der Waals surface area contributed by atoms with Gasteiger partial charge in [-0.1, -0.05) is 0 Å². The van der Waals surface area contributed by atoms with Crippen LogP contribution >= 0.6 is 0 Å². The summed E-state index contributed by atoms with van der Waals surface area (Å²) in [6.45, 7) is 1.66. The number of alkyl halides is 6. The molecule has 2 aromatic carbocycles. The Morgan fingerprint density at radius 2 is 1.25 bits per heavy atom. The molecule has 4 unspecified atom stereocenters. The van der Waals surface area contributed by atoms with Gasteiger partial charge in [-0.05, 0) is 33.6 Å². The Hall–Kier alpha value is -4.83. The SMILES string of the molecule is CC(=O)N1C(O)(O)C(C)(O)N(C2CCN(C(=O)N(C)C(C)c3c(O)c(C(F)(F)F)c(O)c(C(F)(F)F)c3O)C(c3c(C)c(O)c(F)c(O)c3O)C2)C(O)(O)C1(O)O. The summed E-state index contributed by atoms with van der Waals surface area (Å²) in [5, 5.41) is 139. The highest BCUT2D eigenvalue weighted by Crippen LogP contribution is 2.57. The van der Waals surface area contributed by atoms with Crippen molar-refractivity contribution in [3.05, 3.63) is 33.6 Å². The molecule has 0 saturated carbocycles. The molecule has 2 aliphatic rings. The summed E-state index contributed by atoms with van der Waals surface area (Å²) >= 11 is 0. The number of phenolic OH excluding ortho intramolecular Hbond substituents is 6. The van der Waals surface area contributed by atoms with Crippen molar-refractivity contribution in [1.82, 2.24) is 19.6 Å². The Bertz CT molecular complexity index is 1890. The Morgan fingerprint density at radius 3 is 1.68 bits per heavy atom. The lowest BCUT2D eigenvalue weighted by molar-refractivity contribution is -0.570. The van der Waals surface area contributed by atoms with Crippen LogP contribution in [0.15, 0.2) is 0 Å². The van der Waals surface area contributed by atoms with E-state index < -0.39 is 158 Å². The topological polar surface area (TPSA) is 310 Å². The molecule has 0 bridgehead atoms. The van der Waals surface area contributed by atoms with Crippen LogP contribution in [0.2, 0.25) is 0 Å². The minimum absolute atomic E-state index is 0.153. The summed E-state index contributed by atoms with van der Waals surface area (Å²) in [4.78, 5) is 26.5. The Kier molecular flexibility index (Phi) is 10.7. The molecule has 13 N–H and O–H groups in total. The molecule has 0 spiro atoms. The first-order valence-corrected chi connectivity index (χ1v) is 16.1. The molecule has 19 nitrogen and oxygen atoms in total. The third-order valence-corrected chi connectivity index (χ3v) is 10.3. The van der Waals surface area contributed by atoms with Crippen LogP contribution in [0.5, 0.6) is 34.5 Å². The van der Waals surface area contributed by atoms with Crippen LogP contribution in [-0.2, 0) is 17.1 Å². The maximum atomic E-state index is 14.6. The van der Waals surface area contributed by atoms with Gasteiger partial charge in [-0.3, -0.25) is 4.79 Å². The van der Waals surface area contributed by atoms with Crippen molar-refractivity contribution in [2.75, 3.05) is 13.6 Å². The van der Waals surface area contributed by atoms with Crippen LogP contribution in [0.1, 0.15) is 73.5 Å². The highest BCUT2D eigenvalue weighted by Gasteiger charge is 2.77. The number of likely N-dealkylation sites (tertiary alicyclic amines) is 1. The number of carbonyl (C=O) groups excluding carboxylic acids is 2. The van der Waals surface area contributed by atoms with Gasteiger partial charge in [0.05, 0.1) is 17.6 Å². The van der Waals surface area contributed by atoms with Crippen molar-refractivity contribution in [3.63, 3.8) is 0 Å². The lowest BCUT2D eigenvalue weighted by Gasteiger charge is -2.64. The van der Waals surface area contributed by atoms with E-state index >= 15 is 0 Å². The summed E-state index contributed by atoms with van der Waals surface area (Å²) in [6, 6.07) is -7.68. The van der Waals surface area contributed by atoms with E-state index in [9.17, 15) is 107 Å². The summed E-state index contributed by atoms with van der Waals surface area (Å²) in [5.74, 6) is -27.6. The second-order valence-corrected chi connectivity index (χ2v) is 13.7. The summed E-state index contributed by atoms with van der Waals surface area (Å²) in [6.07, 6.45) is -13.6. The minimum atomic E-state index is -5.89. The third kappa shape index (κ3) is 6.48. The normalized spacial score (nSPS) is 24.3. The van der Waals surface area contributed by atoms with Gasteiger partial charge in [-0.2, -0.15) is 30.7 Å². The molecular formula is C31H37F7N4O15. The van der Waals surface area contributed by atoms with Gasteiger partial charge in [0, 0.05) is 37.7 Å². The van der Waals surface area contributed by atoms with Crippen molar-refractivity contribution < 1.29 is 107 Å². The van der Waals surface area contributed by atoms with Gasteiger partial charge in [-0.25, -0.2) is 14.6 Å². The Labute approximate surface area is 314 Å². The Morgan fingerprint density at radius 1 is 0.772 bits per heavy atom. The highest BCUT2D eigenvalue weighted by atomic mass is 19.4. The van der Waals surface area contributed by atoms with Gasteiger partial charge >= 0.3 is 30.2 Å². The highest BCUT2D eigenvalue weighted by molar-refractivity contribution is 5.77. The van der Waals surface area contributed by atoms with E-state index in [0.717, 1.165) is 6.92 Å². The van der Waals surface area contributed by atoms with Gasteiger partial charge < -0.3 is 76.2 Å². The molecule has 0 aliphatic carbocycles. The predicted octanol–water partition coefficient (Wildman–Crippen LogP) is 0.512. The molecule has 2 heterocycles. The maximum absolute atomic E-state index is 14.6. The first-order chi connectivity index (χ1) is 25.5. The fraction of sp³-hybridized carbons (Fsp3) is 0.548. The first-order valence-electron chi connectivity index (χ1n) is 16.1. The van der Waals surface area contributed by atoms with Crippen LogP contribution in [0.4, 0.5) is 35.5 Å². The van der Waals surface area contributed by atoms with Gasteiger partial charge in [0.25, 0.3) is 5.91 Å². The van der Waals surface area contributed by atoms with Crippen molar-refractivity contribution in [2.24, 2.45) is 0 Å². The fourth-order valence-electron chi connectivity index (χ4n) is 7.39. The molecule has 320 valence electrons. The lowest BCUT2D eigenvalue weighted by Crippen LogP contribution is -2.91. The molecule has 3 amide bonds. The van der Waals surface area contributed by atoms with Crippen LogP contribution in [0.25, 0.3) is 0 Å². The van der Waals surface area contributed by atoms with E-state index in [1.54, 1.807) is 0 Å². The zero-order valence-corrected chi connectivity index (χ0v) is 29.9. The molecular weight excluding hydrogens is 801 g/mol. The average Bonchev–Trinajstić information content (AvgIpc) is 3.03. The second kappa shape index (κ2) is 13.6. The smallest absolute Gasteiger partial charge is 0.423 e. The van der Waals surface area contributed by atoms with Crippen molar-refractivity contribution in [2.45, 2.75) is 94.5 Å². The van der Waals surface area contributed by atoms with Crippen LogP contribution in [0, 0.1) is 12.7 Å². The number of aromatic hydroxyl groups is 6. The Balaban J connectivity index is 1.93. The number of hydrogen-bond acceptors (Lipinski definition) is 16. The number of rotatable bonds is 4.